The molecule has 11 heteroatoms. The number of allylic oxidation sites excluding steroid dienone is 1. The lowest BCUT2D eigenvalue weighted by atomic mass is 10.1. The van der Waals surface area contributed by atoms with Crippen LogP contribution in [0.4, 0.5) is 17.6 Å². The van der Waals surface area contributed by atoms with Crippen molar-refractivity contribution in [3.8, 4) is 11.5 Å². The summed E-state index contributed by atoms with van der Waals surface area (Å²) in [5.41, 5.74) is 6.21. The summed E-state index contributed by atoms with van der Waals surface area (Å²) in [5.74, 6) is -6.80. The van der Waals surface area contributed by atoms with Crippen molar-refractivity contribution in [1.82, 2.24) is 19.1 Å². The van der Waals surface area contributed by atoms with Crippen molar-refractivity contribution in [2.75, 3.05) is 7.11 Å². The molecule has 1 fully saturated rings. The average molecular weight is 501 g/mol. The zero-order valence-corrected chi connectivity index (χ0v) is 19.6. The van der Waals surface area contributed by atoms with E-state index in [1.807, 2.05) is 0 Å². The second-order valence-electron chi connectivity index (χ2n) is 8.97. The number of imidazole rings is 1. The predicted molar refractivity (Wildman–Crippen MR) is 126 cm³/mol. The van der Waals surface area contributed by atoms with Gasteiger partial charge in [-0.15, -0.1) is 0 Å². The number of nitrogens with zero attached hydrogens (tertiary/aromatic N) is 4. The minimum atomic E-state index is -3.29. The number of hydrogen-bond donors (Lipinski definition) is 1. The van der Waals surface area contributed by atoms with E-state index >= 15 is 4.39 Å². The SMILES string of the molecule is C=CC(F)(F)Cn1c(-c2nc3cc(C(=O)OC)c(F)c(F)c3n2C2CC2)cc2ccc(C(C)N)nc21. The van der Waals surface area contributed by atoms with Crippen LogP contribution in [0.5, 0.6) is 0 Å². The molecule has 0 radical (unpaired) electrons. The smallest absolute Gasteiger partial charge is 0.341 e. The second kappa shape index (κ2) is 8.44. The third-order valence-corrected chi connectivity index (χ3v) is 6.30. The molecule has 0 aliphatic heterocycles. The largest absolute Gasteiger partial charge is 0.465 e. The van der Waals surface area contributed by atoms with Crippen molar-refractivity contribution < 1.29 is 27.1 Å². The molecule has 0 spiro atoms. The first-order valence-electron chi connectivity index (χ1n) is 11.3. The highest BCUT2D eigenvalue weighted by molar-refractivity contribution is 5.95. The Morgan fingerprint density at radius 3 is 2.61 bits per heavy atom. The minimum Gasteiger partial charge on any atom is -0.465 e. The maximum atomic E-state index is 15.3. The summed E-state index contributed by atoms with van der Waals surface area (Å²) in [7, 11) is 1.06. The van der Waals surface area contributed by atoms with E-state index in [0.29, 0.717) is 30.0 Å². The Bertz CT molecular complexity index is 1540. The predicted octanol–water partition coefficient (Wildman–Crippen LogP) is 5.29. The molecule has 3 aromatic heterocycles. The number of carbonyl (C=O) groups is 1. The number of hydrogen-bond acceptors (Lipinski definition) is 5. The van der Waals surface area contributed by atoms with Crippen molar-refractivity contribution in [3.63, 3.8) is 0 Å². The van der Waals surface area contributed by atoms with Crippen LogP contribution in [-0.4, -0.2) is 38.1 Å². The summed E-state index contributed by atoms with van der Waals surface area (Å²) in [4.78, 5) is 21.0. The Morgan fingerprint density at radius 2 is 2.00 bits per heavy atom. The van der Waals surface area contributed by atoms with Crippen molar-refractivity contribution in [3.05, 3.63) is 59.8 Å². The highest BCUT2D eigenvalue weighted by Crippen LogP contribution is 2.43. The van der Waals surface area contributed by atoms with Gasteiger partial charge in [-0.1, -0.05) is 6.58 Å². The summed E-state index contributed by atoms with van der Waals surface area (Å²) < 4.78 is 66.7. The average Bonchev–Trinajstić information content (AvgIpc) is 3.53. The van der Waals surface area contributed by atoms with Crippen LogP contribution in [0.3, 0.4) is 0 Å². The highest BCUT2D eigenvalue weighted by atomic mass is 19.3. The lowest BCUT2D eigenvalue weighted by Crippen LogP contribution is -2.22. The summed E-state index contributed by atoms with van der Waals surface area (Å²) in [5, 5.41) is 0.547. The van der Waals surface area contributed by atoms with Crippen LogP contribution in [0.1, 0.15) is 47.9 Å². The number of alkyl halides is 2. The lowest BCUT2D eigenvalue weighted by Gasteiger charge is -2.17. The fourth-order valence-electron chi connectivity index (χ4n) is 4.33. The van der Waals surface area contributed by atoms with Gasteiger partial charge in [0.1, 0.15) is 16.7 Å². The molecule has 1 unspecified atom stereocenters. The van der Waals surface area contributed by atoms with Crippen molar-refractivity contribution in [2.24, 2.45) is 5.73 Å². The molecule has 2 N–H and O–H groups in total. The highest BCUT2D eigenvalue weighted by Gasteiger charge is 2.35. The number of ether oxygens (including phenoxy) is 1. The van der Waals surface area contributed by atoms with Gasteiger partial charge in [0.25, 0.3) is 5.92 Å². The molecule has 1 atom stereocenters. The Labute approximate surface area is 203 Å². The fraction of sp³-hybridized carbons (Fsp3) is 0.320. The molecule has 1 saturated carbocycles. The maximum absolute atomic E-state index is 15.3. The monoisotopic (exact) mass is 501 g/mol. The van der Waals surface area contributed by atoms with Crippen molar-refractivity contribution >= 4 is 28.0 Å². The summed E-state index contributed by atoms with van der Waals surface area (Å²) in [6.45, 7) is 4.15. The number of rotatable bonds is 7. The van der Waals surface area contributed by atoms with E-state index in [9.17, 15) is 18.0 Å². The number of pyridine rings is 1. The first kappa shape index (κ1) is 24.0. The molecule has 1 aromatic carbocycles. The third kappa shape index (κ3) is 3.83. The van der Waals surface area contributed by atoms with E-state index < -0.39 is 41.7 Å². The molecule has 1 aliphatic carbocycles. The third-order valence-electron chi connectivity index (χ3n) is 6.30. The molecule has 7 nitrogen and oxygen atoms in total. The second-order valence-corrected chi connectivity index (χ2v) is 8.97. The molecular formula is C25H23F4N5O2. The number of aromatic nitrogens is 4. The van der Waals surface area contributed by atoms with Gasteiger partial charge in [-0.2, -0.15) is 0 Å². The van der Waals surface area contributed by atoms with Crippen LogP contribution >= 0.6 is 0 Å². The van der Waals surface area contributed by atoms with Crippen molar-refractivity contribution in [1.29, 1.82) is 0 Å². The molecule has 3 heterocycles. The van der Waals surface area contributed by atoms with E-state index in [0.717, 1.165) is 13.2 Å². The summed E-state index contributed by atoms with van der Waals surface area (Å²) in [6.07, 6.45) is 1.89. The van der Waals surface area contributed by atoms with Gasteiger partial charge < -0.3 is 19.6 Å². The molecule has 188 valence electrons. The molecule has 36 heavy (non-hydrogen) atoms. The van der Waals surface area contributed by atoms with Crippen LogP contribution in [0.2, 0.25) is 0 Å². The van der Waals surface area contributed by atoms with Gasteiger partial charge in [0.05, 0.1) is 30.6 Å². The molecular weight excluding hydrogens is 478 g/mol. The van der Waals surface area contributed by atoms with Crippen LogP contribution in [0, 0.1) is 11.6 Å². The number of methoxy groups -OCH3 is 1. The molecule has 4 aromatic rings. The summed E-state index contributed by atoms with van der Waals surface area (Å²) in [6, 6.07) is 5.51. The Hall–Kier alpha value is -3.73. The minimum absolute atomic E-state index is 0.00714. The van der Waals surface area contributed by atoms with Crippen LogP contribution in [-0.2, 0) is 11.3 Å². The number of esters is 1. The van der Waals surface area contributed by atoms with Gasteiger partial charge in [-0.25, -0.2) is 32.3 Å². The molecule has 0 bridgehead atoms. The van der Waals surface area contributed by atoms with Gasteiger partial charge >= 0.3 is 5.97 Å². The number of fused-ring (bicyclic) bond motifs is 2. The quantitative estimate of drug-likeness (QED) is 0.211. The Morgan fingerprint density at radius 1 is 1.28 bits per heavy atom. The standard InChI is InChI=1S/C25H23F4N5O2/c1-4-25(28,29)11-33-18(9-13-5-8-16(12(2)30)31-22(13)33)23-32-17-10-15(24(35)36-3)19(26)20(27)21(17)34(23)14-6-7-14/h4-5,8-10,12,14H,1,6-7,11,30H2,2-3H3. The Balaban J connectivity index is 1.83. The molecule has 1 aliphatic rings. The van der Waals surface area contributed by atoms with E-state index in [2.05, 4.69) is 21.3 Å². The Kier molecular flexibility index (Phi) is 5.62. The topological polar surface area (TPSA) is 88.0 Å². The zero-order valence-electron chi connectivity index (χ0n) is 19.6. The first-order valence-corrected chi connectivity index (χ1v) is 11.3. The van der Waals surface area contributed by atoms with Crippen LogP contribution in [0.25, 0.3) is 33.6 Å². The van der Waals surface area contributed by atoms with E-state index in [1.165, 1.54) is 9.13 Å². The molecule has 0 amide bonds. The number of nitrogens with two attached hydrogens (primary N) is 1. The van der Waals surface area contributed by atoms with Crippen LogP contribution < -0.4 is 5.73 Å². The number of benzene rings is 1. The lowest BCUT2D eigenvalue weighted by molar-refractivity contribution is 0.0379. The number of carbonyl (C=O) groups excluding carboxylic acids is 1. The number of halogens is 4. The van der Waals surface area contributed by atoms with Crippen LogP contribution in [0.15, 0.2) is 36.9 Å². The van der Waals surface area contributed by atoms with Gasteiger partial charge in [0, 0.05) is 17.5 Å². The fourth-order valence-corrected chi connectivity index (χ4v) is 4.33. The molecule has 5 rings (SSSR count). The van der Waals surface area contributed by atoms with E-state index in [1.54, 1.807) is 25.1 Å². The van der Waals surface area contributed by atoms with Crippen molar-refractivity contribution in [2.45, 2.75) is 44.3 Å². The van der Waals surface area contributed by atoms with Gasteiger partial charge in [0.2, 0.25) is 0 Å². The summed E-state index contributed by atoms with van der Waals surface area (Å²) >= 11 is 0. The first-order chi connectivity index (χ1) is 17.1. The van der Waals surface area contributed by atoms with E-state index in [-0.39, 0.29) is 34.2 Å². The van der Waals surface area contributed by atoms with Gasteiger partial charge in [-0.3, -0.25) is 0 Å². The maximum Gasteiger partial charge on any atom is 0.341 e. The van der Waals surface area contributed by atoms with Gasteiger partial charge in [-0.05, 0) is 50.1 Å². The normalized spacial score (nSPS) is 15.0. The zero-order chi connectivity index (χ0) is 25.9. The van der Waals surface area contributed by atoms with E-state index in [4.69, 9.17) is 5.73 Å². The molecule has 0 saturated heterocycles. The van der Waals surface area contributed by atoms with Gasteiger partial charge in [0.15, 0.2) is 17.5 Å².